The molecule has 3 rings (SSSR count). The first kappa shape index (κ1) is 17.5. The molecule has 1 atom stereocenters. The van der Waals surface area contributed by atoms with E-state index in [-0.39, 0.29) is 18.0 Å². The van der Waals surface area contributed by atoms with E-state index < -0.39 is 0 Å². The summed E-state index contributed by atoms with van der Waals surface area (Å²) in [6.45, 7) is 8.09. The first-order valence-electron chi connectivity index (χ1n) is 9.32. The Morgan fingerprint density at radius 3 is 2.42 bits per heavy atom. The van der Waals surface area contributed by atoms with Crippen LogP contribution in [-0.4, -0.2) is 91.7 Å². The van der Waals surface area contributed by atoms with Crippen LogP contribution in [0.5, 0.6) is 0 Å². The summed E-state index contributed by atoms with van der Waals surface area (Å²) in [5, 5.41) is 2.82. The standard InChI is InChI=1S/C17H30N4O3/c1-2-18-17(23)20-8-6-19(7-9-20)16(22)15-13-24-11-10-21(15)12-14-4-3-5-14/h14-15H,2-13H2,1H3,(H,18,23)/t15-/m1/s1. The van der Waals surface area contributed by atoms with Crippen LogP contribution in [0.4, 0.5) is 4.79 Å². The number of nitrogens with zero attached hydrogens (tertiary/aromatic N) is 3. The number of morpholine rings is 1. The molecule has 0 unspecified atom stereocenters. The Morgan fingerprint density at radius 2 is 1.79 bits per heavy atom. The topological polar surface area (TPSA) is 65.1 Å². The van der Waals surface area contributed by atoms with Gasteiger partial charge in [-0.05, 0) is 25.7 Å². The van der Waals surface area contributed by atoms with Crippen molar-refractivity contribution in [1.82, 2.24) is 20.0 Å². The van der Waals surface area contributed by atoms with Crippen molar-refractivity contribution in [1.29, 1.82) is 0 Å². The lowest BCUT2D eigenvalue weighted by molar-refractivity contribution is -0.145. The van der Waals surface area contributed by atoms with Crippen molar-refractivity contribution in [2.24, 2.45) is 5.92 Å². The second-order valence-electron chi connectivity index (χ2n) is 7.03. The zero-order valence-corrected chi connectivity index (χ0v) is 14.7. The van der Waals surface area contributed by atoms with Crippen molar-refractivity contribution >= 4 is 11.9 Å². The molecule has 1 aliphatic carbocycles. The molecule has 2 saturated heterocycles. The molecule has 24 heavy (non-hydrogen) atoms. The minimum Gasteiger partial charge on any atom is -0.378 e. The van der Waals surface area contributed by atoms with E-state index in [4.69, 9.17) is 4.74 Å². The molecule has 2 heterocycles. The van der Waals surface area contributed by atoms with Crippen molar-refractivity contribution in [3.8, 4) is 0 Å². The molecule has 3 aliphatic rings. The summed E-state index contributed by atoms with van der Waals surface area (Å²) in [6, 6.07) is -0.174. The van der Waals surface area contributed by atoms with Crippen molar-refractivity contribution in [2.75, 3.05) is 59.0 Å². The number of hydrogen-bond acceptors (Lipinski definition) is 4. The summed E-state index contributed by atoms with van der Waals surface area (Å²) in [4.78, 5) is 30.8. The molecule has 0 aromatic rings. The maximum atomic E-state index is 12.9. The number of rotatable bonds is 4. The largest absolute Gasteiger partial charge is 0.378 e. The SMILES string of the molecule is CCNC(=O)N1CCN(C(=O)[C@H]2COCCN2CC2CCC2)CC1. The molecular weight excluding hydrogens is 308 g/mol. The van der Waals surface area contributed by atoms with Gasteiger partial charge in [0.25, 0.3) is 0 Å². The lowest BCUT2D eigenvalue weighted by Crippen LogP contribution is -2.60. The lowest BCUT2D eigenvalue weighted by atomic mass is 9.84. The van der Waals surface area contributed by atoms with Crippen molar-refractivity contribution in [3.05, 3.63) is 0 Å². The molecule has 1 saturated carbocycles. The van der Waals surface area contributed by atoms with Crippen LogP contribution in [0.1, 0.15) is 26.2 Å². The van der Waals surface area contributed by atoms with Gasteiger partial charge in [-0.1, -0.05) is 6.42 Å². The molecular formula is C17H30N4O3. The highest BCUT2D eigenvalue weighted by Crippen LogP contribution is 2.28. The van der Waals surface area contributed by atoms with Crippen LogP contribution in [0, 0.1) is 5.92 Å². The summed E-state index contributed by atoms with van der Waals surface area (Å²) < 4.78 is 5.59. The number of carbonyl (C=O) groups excluding carboxylic acids is 2. The third kappa shape index (κ3) is 4.00. The van der Waals surface area contributed by atoms with Gasteiger partial charge in [-0.15, -0.1) is 0 Å². The normalized spacial score (nSPS) is 26.1. The Kier molecular flexibility index (Phi) is 5.94. The molecule has 3 amide bonds. The molecule has 1 N–H and O–H groups in total. The van der Waals surface area contributed by atoms with Crippen molar-refractivity contribution in [2.45, 2.75) is 32.2 Å². The maximum absolute atomic E-state index is 12.9. The highest BCUT2D eigenvalue weighted by atomic mass is 16.5. The lowest BCUT2D eigenvalue weighted by Gasteiger charge is -2.42. The van der Waals surface area contributed by atoms with Gasteiger partial charge in [0, 0.05) is 45.8 Å². The van der Waals surface area contributed by atoms with E-state index >= 15 is 0 Å². The number of hydrogen-bond donors (Lipinski definition) is 1. The summed E-state index contributed by atoms with van der Waals surface area (Å²) in [5.41, 5.74) is 0. The fraction of sp³-hybridized carbons (Fsp3) is 0.882. The van der Waals surface area contributed by atoms with Gasteiger partial charge in [0.2, 0.25) is 5.91 Å². The predicted octanol–water partition coefficient (Wildman–Crippen LogP) is 0.361. The highest BCUT2D eigenvalue weighted by molar-refractivity contribution is 5.82. The zero-order chi connectivity index (χ0) is 16.9. The van der Waals surface area contributed by atoms with E-state index in [9.17, 15) is 9.59 Å². The van der Waals surface area contributed by atoms with Gasteiger partial charge < -0.3 is 19.9 Å². The Labute approximate surface area is 144 Å². The average Bonchev–Trinajstić information content (AvgIpc) is 2.58. The number of nitrogens with one attached hydrogen (secondary N) is 1. The zero-order valence-electron chi connectivity index (χ0n) is 14.7. The number of ether oxygens (including phenoxy) is 1. The quantitative estimate of drug-likeness (QED) is 0.804. The number of amides is 3. The average molecular weight is 338 g/mol. The van der Waals surface area contributed by atoms with Gasteiger partial charge in [-0.2, -0.15) is 0 Å². The van der Waals surface area contributed by atoms with Crippen LogP contribution >= 0.6 is 0 Å². The van der Waals surface area contributed by atoms with Gasteiger partial charge in [0.15, 0.2) is 0 Å². The van der Waals surface area contributed by atoms with Gasteiger partial charge >= 0.3 is 6.03 Å². The first-order chi connectivity index (χ1) is 11.7. The Balaban J connectivity index is 1.52. The summed E-state index contributed by atoms with van der Waals surface area (Å²) in [7, 11) is 0. The van der Waals surface area contributed by atoms with Gasteiger partial charge in [-0.3, -0.25) is 9.69 Å². The molecule has 2 aliphatic heterocycles. The summed E-state index contributed by atoms with van der Waals surface area (Å²) >= 11 is 0. The first-order valence-corrected chi connectivity index (χ1v) is 9.32. The molecule has 136 valence electrons. The van der Waals surface area contributed by atoms with Crippen LogP contribution in [0.3, 0.4) is 0 Å². The number of urea groups is 1. The van der Waals surface area contributed by atoms with Crippen LogP contribution < -0.4 is 5.32 Å². The van der Waals surface area contributed by atoms with E-state index in [1.165, 1.54) is 19.3 Å². The third-order valence-corrected chi connectivity index (χ3v) is 5.45. The Morgan fingerprint density at radius 1 is 1.08 bits per heavy atom. The fourth-order valence-corrected chi connectivity index (χ4v) is 3.69. The number of piperazine rings is 1. The van der Waals surface area contributed by atoms with E-state index in [1.807, 2.05) is 11.8 Å². The second kappa shape index (κ2) is 8.16. The molecule has 0 bridgehead atoms. The van der Waals surface area contributed by atoms with E-state index in [0.29, 0.717) is 39.3 Å². The molecule has 0 spiro atoms. The van der Waals surface area contributed by atoms with Gasteiger partial charge in [0.1, 0.15) is 6.04 Å². The predicted molar refractivity (Wildman–Crippen MR) is 90.7 cm³/mol. The molecule has 0 aromatic heterocycles. The molecule has 7 nitrogen and oxygen atoms in total. The molecule has 0 aromatic carbocycles. The van der Waals surface area contributed by atoms with Crippen LogP contribution in [0.15, 0.2) is 0 Å². The smallest absolute Gasteiger partial charge is 0.317 e. The fourth-order valence-electron chi connectivity index (χ4n) is 3.69. The second-order valence-corrected chi connectivity index (χ2v) is 7.03. The Hall–Kier alpha value is -1.34. The summed E-state index contributed by atoms with van der Waals surface area (Å²) in [6.07, 6.45) is 3.92. The third-order valence-electron chi connectivity index (χ3n) is 5.45. The monoisotopic (exact) mass is 338 g/mol. The van der Waals surface area contributed by atoms with Crippen LogP contribution in [-0.2, 0) is 9.53 Å². The highest BCUT2D eigenvalue weighted by Gasteiger charge is 2.36. The number of carbonyl (C=O) groups is 2. The minimum atomic E-state index is -0.143. The summed E-state index contributed by atoms with van der Waals surface area (Å²) in [5.74, 6) is 0.928. The Bertz CT molecular complexity index is 447. The van der Waals surface area contributed by atoms with E-state index in [1.54, 1.807) is 4.90 Å². The van der Waals surface area contributed by atoms with E-state index in [2.05, 4.69) is 10.2 Å². The van der Waals surface area contributed by atoms with Crippen molar-refractivity contribution in [3.63, 3.8) is 0 Å². The van der Waals surface area contributed by atoms with E-state index in [0.717, 1.165) is 25.6 Å². The van der Waals surface area contributed by atoms with Crippen LogP contribution in [0.25, 0.3) is 0 Å². The molecule has 7 heteroatoms. The molecule has 3 fully saturated rings. The minimum absolute atomic E-state index is 0.0304. The van der Waals surface area contributed by atoms with Crippen molar-refractivity contribution < 1.29 is 14.3 Å². The van der Waals surface area contributed by atoms with Gasteiger partial charge in [0.05, 0.1) is 13.2 Å². The maximum Gasteiger partial charge on any atom is 0.317 e. The van der Waals surface area contributed by atoms with Crippen LogP contribution in [0.2, 0.25) is 0 Å². The van der Waals surface area contributed by atoms with Gasteiger partial charge in [-0.25, -0.2) is 4.79 Å². The molecule has 0 radical (unpaired) electrons.